The lowest BCUT2D eigenvalue weighted by molar-refractivity contribution is -0.161. The average molecular weight is 417 g/mol. The van der Waals surface area contributed by atoms with Crippen molar-refractivity contribution >= 4 is 11.9 Å². The molecule has 0 saturated carbocycles. The third-order valence-electron chi connectivity index (χ3n) is 4.83. The summed E-state index contributed by atoms with van der Waals surface area (Å²) in [6, 6.07) is 0. The minimum Gasteiger partial charge on any atom is -0.464 e. The molecule has 0 aromatic rings. The van der Waals surface area contributed by atoms with Gasteiger partial charge in [0.05, 0.1) is 50.5 Å². The molecule has 2 N–H and O–H groups in total. The summed E-state index contributed by atoms with van der Waals surface area (Å²) in [5, 5.41) is 19.3. The number of carbonyl (C=O) groups excluding carboxylic acids is 2. The summed E-state index contributed by atoms with van der Waals surface area (Å²) in [4.78, 5) is 24.0. The fourth-order valence-electron chi connectivity index (χ4n) is 2.30. The van der Waals surface area contributed by atoms with Crippen molar-refractivity contribution in [3.63, 3.8) is 0 Å². The van der Waals surface area contributed by atoms with Crippen molar-refractivity contribution in [2.75, 3.05) is 52.9 Å². The SMILES string of the molecule is C=CCOCC(CC)(CO)COC(=O)CC(=O)OCC(CC)(CO)COCC=C. The average Bonchev–Trinajstić information content (AvgIpc) is 2.73. The molecule has 0 aliphatic heterocycles. The van der Waals surface area contributed by atoms with Gasteiger partial charge in [0, 0.05) is 0 Å². The quantitative estimate of drug-likeness (QED) is 0.150. The molecule has 8 heteroatoms. The number of aliphatic hydroxyl groups is 2. The van der Waals surface area contributed by atoms with Crippen LogP contribution in [0.2, 0.25) is 0 Å². The number of carbonyl (C=O) groups is 2. The molecule has 0 fully saturated rings. The molecular weight excluding hydrogens is 380 g/mol. The van der Waals surface area contributed by atoms with Crippen LogP contribution in [-0.4, -0.2) is 75.0 Å². The first-order valence-corrected chi connectivity index (χ1v) is 9.76. The molecule has 8 nitrogen and oxygen atoms in total. The van der Waals surface area contributed by atoms with Crippen molar-refractivity contribution in [2.24, 2.45) is 10.8 Å². The molecule has 0 aromatic heterocycles. The van der Waals surface area contributed by atoms with Gasteiger partial charge in [0.25, 0.3) is 0 Å². The third kappa shape index (κ3) is 10.6. The van der Waals surface area contributed by atoms with E-state index in [2.05, 4.69) is 13.2 Å². The van der Waals surface area contributed by atoms with E-state index in [1.807, 2.05) is 13.8 Å². The zero-order valence-electron chi connectivity index (χ0n) is 17.7. The predicted molar refractivity (Wildman–Crippen MR) is 108 cm³/mol. The molecule has 0 aliphatic rings. The lowest BCUT2D eigenvalue weighted by Gasteiger charge is -2.30. The van der Waals surface area contributed by atoms with Crippen LogP contribution in [-0.2, 0) is 28.5 Å². The number of hydrogen-bond acceptors (Lipinski definition) is 8. The monoisotopic (exact) mass is 416 g/mol. The van der Waals surface area contributed by atoms with E-state index in [0.717, 1.165) is 0 Å². The Hall–Kier alpha value is -1.74. The molecule has 168 valence electrons. The largest absolute Gasteiger partial charge is 0.464 e. The van der Waals surface area contributed by atoms with Crippen LogP contribution in [0.3, 0.4) is 0 Å². The number of hydrogen-bond donors (Lipinski definition) is 2. The van der Waals surface area contributed by atoms with E-state index in [1.54, 1.807) is 12.2 Å². The highest BCUT2D eigenvalue weighted by atomic mass is 16.6. The van der Waals surface area contributed by atoms with E-state index < -0.39 is 29.2 Å². The molecule has 0 bridgehead atoms. The summed E-state index contributed by atoms with van der Waals surface area (Å²) in [6.45, 7) is 11.3. The second-order valence-corrected chi connectivity index (χ2v) is 7.13. The van der Waals surface area contributed by atoms with Gasteiger partial charge in [-0.05, 0) is 12.8 Å². The normalized spacial score (nSPS) is 15.0. The molecule has 0 heterocycles. The van der Waals surface area contributed by atoms with Crippen LogP contribution in [0.1, 0.15) is 33.1 Å². The Morgan fingerprint density at radius 1 is 0.793 bits per heavy atom. The smallest absolute Gasteiger partial charge is 0.317 e. The number of ether oxygens (including phenoxy) is 4. The van der Waals surface area contributed by atoms with Crippen molar-refractivity contribution in [1.82, 2.24) is 0 Å². The Morgan fingerprint density at radius 3 is 1.45 bits per heavy atom. The van der Waals surface area contributed by atoms with Gasteiger partial charge in [-0.15, -0.1) is 13.2 Å². The van der Waals surface area contributed by atoms with Gasteiger partial charge >= 0.3 is 11.9 Å². The highest BCUT2D eigenvalue weighted by Gasteiger charge is 2.32. The maximum atomic E-state index is 12.0. The van der Waals surface area contributed by atoms with Gasteiger partial charge < -0.3 is 29.2 Å². The van der Waals surface area contributed by atoms with Crippen LogP contribution >= 0.6 is 0 Å². The summed E-state index contributed by atoms with van der Waals surface area (Å²) in [5.74, 6) is -1.50. The number of esters is 2. The van der Waals surface area contributed by atoms with Gasteiger partial charge in [-0.25, -0.2) is 0 Å². The van der Waals surface area contributed by atoms with Crippen LogP contribution in [0.25, 0.3) is 0 Å². The first kappa shape index (κ1) is 27.3. The van der Waals surface area contributed by atoms with Crippen molar-refractivity contribution in [1.29, 1.82) is 0 Å². The maximum absolute atomic E-state index is 12.0. The predicted octanol–water partition coefficient (Wildman–Crippen LogP) is 1.65. The molecule has 0 rings (SSSR count). The lowest BCUT2D eigenvalue weighted by atomic mass is 9.88. The summed E-state index contributed by atoms with van der Waals surface area (Å²) in [6.07, 6.45) is 3.67. The lowest BCUT2D eigenvalue weighted by Crippen LogP contribution is -2.38. The molecule has 2 atom stereocenters. The Balaban J connectivity index is 4.55. The van der Waals surface area contributed by atoms with Gasteiger partial charge in [-0.3, -0.25) is 9.59 Å². The van der Waals surface area contributed by atoms with Gasteiger partial charge in [0.15, 0.2) is 0 Å². The molecule has 29 heavy (non-hydrogen) atoms. The number of rotatable bonds is 18. The Kier molecular flexibility index (Phi) is 14.2. The Morgan fingerprint density at radius 2 is 1.17 bits per heavy atom. The molecule has 0 amide bonds. The van der Waals surface area contributed by atoms with Crippen LogP contribution in [0.4, 0.5) is 0 Å². The summed E-state index contributed by atoms with van der Waals surface area (Å²) < 4.78 is 21.1. The standard InChI is InChI=1S/C21H36O8/c1-5-9-26-14-20(7-3,12-22)16-28-18(24)11-19(25)29-17-21(8-4,13-23)15-27-10-6-2/h5-6,22-23H,1-2,7-17H2,3-4H3. The molecular formula is C21H36O8. The maximum Gasteiger partial charge on any atom is 0.317 e. The van der Waals surface area contributed by atoms with Gasteiger partial charge in [-0.1, -0.05) is 26.0 Å². The molecule has 0 aliphatic carbocycles. The number of aliphatic hydroxyl groups excluding tert-OH is 2. The zero-order chi connectivity index (χ0) is 22.2. The van der Waals surface area contributed by atoms with Gasteiger partial charge in [0.1, 0.15) is 19.6 Å². The highest BCUT2D eigenvalue weighted by Crippen LogP contribution is 2.24. The van der Waals surface area contributed by atoms with E-state index in [0.29, 0.717) is 26.1 Å². The van der Waals surface area contributed by atoms with Crippen LogP contribution in [0, 0.1) is 10.8 Å². The van der Waals surface area contributed by atoms with E-state index in [-0.39, 0.29) is 39.6 Å². The van der Waals surface area contributed by atoms with Crippen LogP contribution in [0.15, 0.2) is 25.3 Å². The summed E-state index contributed by atoms with van der Waals surface area (Å²) in [5.41, 5.74) is -1.47. The van der Waals surface area contributed by atoms with E-state index in [1.165, 1.54) is 0 Å². The summed E-state index contributed by atoms with van der Waals surface area (Å²) in [7, 11) is 0. The van der Waals surface area contributed by atoms with Crippen LogP contribution in [0.5, 0.6) is 0 Å². The first-order chi connectivity index (χ1) is 13.9. The van der Waals surface area contributed by atoms with Crippen molar-refractivity contribution < 1.29 is 38.7 Å². The summed E-state index contributed by atoms with van der Waals surface area (Å²) >= 11 is 0. The fourth-order valence-corrected chi connectivity index (χ4v) is 2.30. The Bertz CT molecular complexity index is 451. The topological polar surface area (TPSA) is 112 Å². The molecule has 0 saturated heterocycles. The van der Waals surface area contributed by atoms with Crippen molar-refractivity contribution in [3.8, 4) is 0 Å². The van der Waals surface area contributed by atoms with E-state index >= 15 is 0 Å². The minimum atomic E-state index is -0.751. The molecule has 0 spiro atoms. The fraction of sp³-hybridized carbons (Fsp3) is 0.714. The van der Waals surface area contributed by atoms with Gasteiger partial charge in [-0.2, -0.15) is 0 Å². The molecule has 0 radical (unpaired) electrons. The molecule has 0 aromatic carbocycles. The van der Waals surface area contributed by atoms with E-state index in [9.17, 15) is 19.8 Å². The zero-order valence-corrected chi connectivity index (χ0v) is 17.7. The third-order valence-corrected chi connectivity index (χ3v) is 4.83. The van der Waals surface area contributed by atoms with E-state index in [4.69, 9.17) is 18.9 Å². The highest BCUT2D eigenvalue weighted by molar-refractivity contribution is 5.91. The van der Waals surface area contributed by atoms with Gasteiger partial charge in [0.2, 0.25) is 0 Å². The minimum absolute atomic E-state index is 0.0752. The Labute approximate surface area is 173 Å². The van der Waals surface area contributed by atoms with Crippen molar-refractivity contribution in [3.05, 3.63) is 25.3 Å². The molecule has 2 unspecified atom stereocenters. The second-order valence-electron chi connectivity index (χ2n) is 7.13. The van der Waals surface area contributed by atoms with Crippen molar-refractivity contribution in [2.45, 2.75) is 33.1 Å². The first-order valence-electron chi connectivity index (χ1n) is 9.76. The second kappa shape index (κ2) is 15.1. The van der Waals surface area contributed by atoms with Crippen LogP contribution < -0.4 is 0 Å².